The van der Waals surface area contributed by atoms with Crippen LogP contribution in [0.25, 0.3) is 11.1 Å². The minimum absolute atomic E-state index is 1.11. The van der Waals surface area contributed by atoms with Gasteiger partial charge in [0.1, 0.15) is 0 Å². The molecule has 88 valence electrons. The zero-order chi connectivity index (χ0) is 12.7. The van der Waals surface area contributed by atoms with Gasteiger partial charge in [-0.1, -0.05) is 49.0 Å². The predicted molar refractivity (Wildman–Crippen MR) is 78.5 cm³/mol. The normalized spacial score (nSPS) is 13.4. The lowest BCUT2D eigenvalue weighted by Crippen LogP contribution is -1.93. The summed E-state index contributed by atoms with van der Waals surface area (Å²) in [6, 6.07) is 15.0. The molecule has 0 amide bonds. The van der Waals surface area contributed by atoms with Gasteiger partial charge in [-0.3, -0.25) is 0 Å². The third-order valence-corrected chi connectivity index (χ3v) is 3.63. The maximum Gasteiger partial charge on any atom is -0.00939 e. The predicted octanol–water partition coefficient (Wildman–Crippen LogP) is 4.76. The van der Waals surface area contributed by atoms with E-state index >= 15 is 0 Å². The third-order valence-electron chi connectivity index (χ3n) is 3.63. The number of aryl methyl sites for hydroxylation is 2. The molecular formula is C18H16. The molecule has 0 fully saturated rings. The van der Waals surface area contributed by atoms with Gasteiger partial charge in [-0.2, -0.15) is 0 Å². The van der Waals surface area contributed by atoms with Crippen molar-refractivity contribution in [3.63, 3.8) is 0 Å². The molecule has 0 heteroatoms. The molecule has 0 radical (unpaired) electrons. The Kier molecular flexibility index (Phi) is 2.45. The molecule has 0 N–H and O–H groups in total. The molecule has 3 rings (SSSR count). The van der Waals surface area contributed by atoms with E-state index in [1.54, 1.807) is 0 Å². The first-order chi connectivity index (χ1) is 8.68. The average Bonchev–Trinajstić information content (AvgIpc) is 2.68. The summed E-state index contributed by atoms with van der Waals surface area (Å²) in [7, 11) is 0. The quantitative estimate of drug-likeness (QED) is 0.665. The van der Waals surface area contributed by atoms with Crippen LogP contribution < -0.4 is 0 Å². The highest BCUT2D eigenvalue weighted by atomic mass is 14.2. The number of rotatable bonds is 1. The lowest BCUT2D eigenvalue weighted by atomic mass is 9.92. The van der Waals surface area contributed by atoms with Crippen LogP contribution in [0, 0.1) is 13.8 Å². The summed E-state index contributed by atoms with van der Waals surface area (Å²) in [5.41, 5.74) is 8.99. The zero-order valence-corrected chi connectivity index (χ0v) is 10.8. The first-order valence-corrected chi connectivity index (χ1v) is 6.25. The molecule has 0 saturated heterocycles. The Morgan fingerprint density at radius 2 is 1.39 bits per heavy atom. The molecule has 0 aliphatic heterocycles. The molecule has 0 unspecified atom stereocenters. The number of fused-ring (bicyclic) bond motifs is 1. The lowest BCUT2D eigenvalue weighted by Gasteiger charge is -2.12. The average molecular weight is 232 g/mol. The van der Waals surface area contributed by atoms with Crippen LogP contribution >= 0.6 is 0 Å². The van der Waals surface area contributed by atoms with Gasteiger partial charge in [0.2, 0.25) is 0 Å². The fourth-order valence-corrected chi connectivity index (χ4v) is 2.77. The minimum atomic E-state index is 1.11. The van der Waals surface area contributed by atoms with Gasteiger partial charge in [0.15, 0.2) is 0 Å². The van der Waals surface area contributed by atoms with Crippen LogP contribution in [-0.2, 0) is 0 Å². The highest BCUT2D eigenvalue weighted by Gasteiger charge is 2.19. The molecule has 18 heavy (non-hydrogen) atoms. The van der Waals surface area contributed by atoms with Crippen molar-refractivity contribution in [2.24, 2.45) is 0 Å². The van der Waals surface area contributed by atoms with Gasteiger partial charge >= 0.3 is 0 Å². The van der Waals surface area contributed by atoms with Crippen molar-refractivity contribution < 1.29 is 0 Å². The molecule has 2 aromatic carbocycles. The molecule has 0 nitrogen and oxygen atoms in total. The Hall–Kier alpha value is -2.08. The van der Waals surface area contributed by atoms with E-state index in [1.807, 2.05) is 0 Å². The minimum Gasteiger partial charge on any atom is -0.0911 e. The molecule has 0 saturated carbocycles. The van der Waals surface area contributed by atoms with Gasteiger partial charge in [-0.05, 0) is 58.9 Å². The smallest absolute Gasteiger partial charge is 0.00939 e. The van der Waals surface area contributed by atoms with E-state index < -0.39 is 0 Å². The van der Waals surface area contributed by atoms with Crippen LogP contribution in [0.5, 0.6) is 0 Å². The van der Waals surface area contributed by atoms with Crippen molar-refractivity contribution in [3.8, 4) is 0 Å². The Morgan fingerprint density at radius 1 is 0.778 bits per heavy atom. The van der Waals surface area contributed by atoms with Crippen LogP contribution in [0.1, 0.15) is 27.8 Å². The van der Waals surface area contributed by atoms with Crippen LogP contribution in [0.3, 0.4) is 0 Å². The molecule has 0 heterocycles. The number of benzene rings is 2. The Bertz CT molecular complexity index is 652. The van der Waals surface area contributed by atoms with E-state index in [4.69, 9.17) is 0 Å². The fourth-order valence-electron chi connectivity index (χ4n) is 2.77. The third kappa shape index (κ3) is 1.53. The summed E-state index contributed by atoms with van der Waals surface area (Å²) in [6.07, 6.45) is 2.21. The second-order valence-electron chi connectivity index (χ2n) is 4.90. The maximum atomic E-state index is 4.15. The van der Waals surface area contributed by atoms with E-state index in [0.29, 0.717) is 0 Å². The summed E-state index contributed by atoms with van der Waals surface area (Å²) < 4.78 is 0. The monoisotopic (exact) mass is 232 g/mol. The summed E-state index contributed by atoms with van der Waals surface area (Å²) >= 11 is 0. The SMILES string of the molecule is C=C1C=C(c2c(C)cccc2C)c2ccccc21. The fraction of sp³-hybridized carbons (Fsp3) is 0.111. The first kappa shape index (κ1) is 11.0. The number of hydrogen-bond donors (Lipinski definition) is 0. The van der Waals surface area contributed by atoms with Gasteiger partial charge in [0.25, 0.3) is 0 Å². The van der Waals surface area contributed by atoms with E-state index in [-0.39, 0.29) is 0 Å². The molecule has 0 aromatic heterocycles. The van der Waals surface area contributed by atoms with Crippen LogP contribution in [-0.4, -0.2) is 0 Å². The van der Waals surface area contributed by atoms with Crippen molar-refractivity contribution in [1.82, 2.24) is 0 Å². The molecule has 0 spiro atoms. The second-order valence-corrected chi connectivity index (χ2v) is 4.90. The maximum absolute atomic E-state index is 4.15. The number of allylic oxidation sites excluding steroid dienone is 2. The highest BCUT2D eigenvalue weighted by Crippen LogP contribution is 2.39. The van der Waals surface area contributed by atoms with Crippen molar-refractivity contribution in [2.75, 3.05) is 0 Å². The lowest BCUT2D eigenvalue weighted by molar-refractivity contribution is 1.34. The molecule has 2 aromatic rings. The molecular weight excluding hydrogens is 216 g/mol. The van der Waals surface area contributed by atoms with Gasteiger partial charge in [-0.15, -0.1) is 0 Å². The Morgan fingerprint density at radius 3 is 2.06 bits per heavy atom. The van der Waals surface area contributed by atoms with Crippen LogP contribution in [0.4, 0.5) is 0 Å². The van der Waals surface area contributed by atoms with E-state index in [9.17, 15) is 0 Å². The van der Waals surface area contributed by atoms with E-state index in [2.05, 4.69) is 69.0 Å². The molecule has 0 atom stereocenters. The van der Waals surface area contributed by atoms with Crippen molar-refractivity contribution in [1.29, 1.82) is 0 Å². The molecule has 0 bridgehead atoms. The van der Waals surface area contributed by atoms with E-state index in [1.165, 1.54) is 33.4 Å². The Labute approximate surface area is 108 Å². The van der Waals surface area contributed by atoms with Gasteiger partial charge in [0.05, 0.1) is 0 Å². The van der Waals surface area contributed by atoms with Gasteiger partial charge in [-0.25, -0.2) is 0 Å². The van der Waals surface area contributed by atoms with Crippen LogP contribution in [0.2, 0.25) is 0 Å². The second kappa shape index (κ2) is 3.99. The summed E-state index contributed by atoms with van der Waals surface area (Å²) in [5, 5.41) is 0. The van der Waals surface area contributed by atoms with Crippen molar-refractivity contribution in [3.05, 3.63) is 82.9 Å². The van der Waals surface area contributed by atoms with E-state index in [0.717, 1.165) is 5.57 Å². The topological polar surface area (TPSA) is 0 Å². The van der Waals surface area contributed by atoms with Gasteiger partial charge in [0, 0.05) is 0 Å². The number of hydrogen-bond acceptors (Lipinski definition) is 0. The molecule has 1 aliphatic carbocycles. The highest BCUT2D eigenvalue weighted by molar-refractivity contribution is 6.01. The molecule has 1 aliphatic rings. The van der Waals surface area contributed by atoms with Gasteiger partial charge < -0.3 is 0 Å². The Balaban J connectivity index is 2.27. The first-order valence-electron chi connectivity index (χ1n) is 6.25. The summed E-state index contributed by atoms with van der Waals surface area (Å²) in [4.78, 5) is 0. The zero-order valence-electron chi connectivity index (χ0n) is 10.8. The van der Waals surface area contributed by atoms with Crippen molar-refractivity contribution >= 4 is 11.1 Å². The summed E-state index contributed by atoms with van der Waals surface area (Å²) in [6.45, 7) is 8.50. The standard InChI is InChI=1S/C18H16/c1-12-7-6-8-13(2)18(12)17-11-14(3)15-9-4-5-10-16(15)17/h4-11H,3H2,1-2H3. The largest absolute Gasteiger partial charge is 0.0911 e. The van der Waals surface area contributed by atoms with Crippen LogP contribution in [0.15, 0.2) is 55.1 Å². The summed E-state index contributed by atoms with van der Waals surface area (Å²) in [5.74, 6) is 0. The van der Waals surface area contributed by atoms with Crippen molar-refractivity contribution in [2.45, 2.75) is 13.8 Å².